The lowest BCUT2D eigenvalue weighted by molar-refractivity contribution is 0.177. The molecule has 0 amide bonds. The Morgan fingerprint density at radius 3 is 2.03 bits per heavy atom. The predicted octanol–water partition coefficient (Wildman–Crippen LogP) is 3.62. The van der Waals surface area contributed by atoms with Crippen molar-refractivity contribution in [3.63, 3.8) is 0 Å². The van der Waals surface area contributed by atoms with Crippen molar-refractivity contribution in [1.82, 2.24) is 15.1 Å². The van der Waals surface area contributed by atoms with Crippen LogP contribution in [-0.4, -0.2) is 63.7 Å². The Morgan fingerprint density at radius 2 is 1.52 bits per heavy atom. The first-order chi connectivity index (χ1) is 15.1. The second-order valence-corrected chi connectivity index (χ2v) is 8.20. The number of nitrogens with one attached hydrogen (secondary N) is 1. The smallest absolute Gasteiger partial charge is 0.193 e. The normalized spacial score (nSPS) is 15.5. The summed E-state index contributed by atoms with van der Waals surface area (Å²) >= 11 is 0. The summed E-state index contributed by atoms with van der Waals surface area (Å²) < 4.78 is 10.5. The van der Waals surface area contributed by atoms with E-state index < -0.39 is 0 Å². The molecular formula is C25H36N4O2. The molecule has 31 heavy (non-hydrogen) atoms. The van der Waals surface area contributed by atoms with E-state index in [1.807, 2.05) is 31.3 Å². The van der Waals surface area contributed by atoms with Crippen molar-refractivity contribution in [3.05, 3.63) is 59.7 Å². The van der Waals surface area contributed by atoms with Crippen LogP contribution < -0.4 is 14.8 Å². The molecule has 6 heteroatoms. The summed E-state index contributed by atoms with van der Waals surface area (Å²) in [6.45, 7) is 5.06. The molecule has 1 N–H and O–H groups in total. The van der Waals surface area contributed by atoms with Gasteiger partial charge in [-0.3, -0.25) is 9.89 Å². The van der Waals surface area contributed by atoms with Crippen molar-refractivity contribution in [1.29, 1.82) is 0 Å². The highest BCUT2D eigenvalue weighted by Crippen LogP contribution is 2.20. The first kappa shape index (κ1) is 22.9. The van der Waals surface area contributed by atoms with Gasteiger partial charge in [0.25, 0.3) is 0 Å². The monoisotopic (exact) mass is 424 g/mol. The molecule has 3 rings (SSSR count). The van der Waals surface area contributed by atoms with Gasteiger partial charge in [-0.15, -0.1) is 0 Å². The molecule has 0 radical (unpaired) electrons. The summed E-state index contributed by atoms with van der Waals surface area (Å²) in [6, 6.07) is 16.6. The number of likely N-dealkylation sites (tertiary alicyclic amines) is 1. The first-order valence-corrected chi connectivity index (χ1v) is 11.0. The van der Waals surface area contributed by atoms with Crippen molar-refractivity contribution in [2.24, 2.45) is 10.9 Å². The van der Waals surface area contributed by atoms with E-state index >= 15 is 0 Å². The standard InChI is InChI=1S/C25H36N4O2/c1-26-25(28(2)18-21-5-9-23(30-3)10-6-21)27-17-20-13-15-29(16-14-20)19-22-7-11-24(31-4)12-8-22/h5-12,20H,13-19H2,1-4H3,(H,26,27). The average Bonchev–Trinajstić information content (AvgIpc) is 2.81. The number of methoxy groups -OCH3 is 2. The van der Waals surface area contributed by atoms with E-state index in [-0.39, 0.29) is 0 Å². The number of hydrogen-bond acceptors (Lipinski definition) is 4. The van der Waals surface area contributed by atoms with E-state index in [4.69, 9.17) is 9.47 Å². The third-order valence-electron chi connectivity index (χ3n) is 5.97. The van der Waals surface area contributed by atoms with Crippen molar-refractivity contribution >= 4 is 5.96 Å². The first-order valence-electron chi connectivity index (χ1n) is 11.0. The number of guanidine groups is 1. The lowest BCUT2D eigenvalue weighted by Crippen LogP contribution is -2.43. The highest BCUT2D eigenvalue weighted by molar-refractivity contribution is 5.79. The molecule has 2 aromatic rings. The zero-order chi connectivity index (χ0) is 22.1. The van der Waals surface area contributed by atoms with E-state index in [9.17, 15) is 0 Å². The van der Waals surface area contributed by atoms with Crippen LogP contribution in [0, 0.1) is 5.92 Å². The average molecular weight is 425 g/mol. The molecule has 168 valence electrons. The molecule has 1 heterocycles. The van der Waals surface area contributed by atoms with Gasteiger partial charge in [0.15, 0.2) is 5.96 Å². The van der Waals surface area contributed by atoms with Crippen LogP contribution >= 0.6 is 0 Å². The summed E-state index contributed by atoms with van der Waals surface area (Å²) in [6.07, 6.45) is 2.42. The lowest BCUT2D eigenvalue weighted by atomic mass is 9.96. The van der Waals surface area contributed by atoms with Gasteiger partial charge in [-0.2, -0.15) is 0 Å². The third-order valence-corrected chi connectivity index (χ3v) is 5.97. The molecule has 1 aliphatic heterocycles. The number of hydrogen-bond donors (Lipinski definition) is 1. The minimum atomic E-state index is 0.679. The van der Waals surface area contributed by atoms with E-state index in [1.165, 1.54) is 24.0 Å². The highest BCUT2D eigenvalue weighted by atomic mass is 16.5. The Hall–Kier alpha value is -2.73. The molecule has 0 saturated carbocycles. The van der Waals surface area contributed by atoms with Crippen LogP contribution in [0.25, 0.3) is 0 Å². The maximum absolute atomic E-state index is 5.25. The van der Waals surface area contributed by atoms with Gasteiger partial charge >= 0.3 is 0 Å². The van der Waals surface area contributed by atoms with Gasteiger partial charge in [-0.25, -0.2) is 0 Å². The Morgan fingerprint density at radius 1 is 0.968 bits per heavy atom. The Balaban J connectivity index is 1.40. The summed E-state index contributed by atoms with van der Waals surface area (Å²) in [4.78, 5) is 9.19. The van der Waals surface area contributed by atoms with Crippen LogP contribution in [-0.2, 0) is 13.1 Å². The zero-order valence-electron chi connectivity index (χ0n) is 19.3. The number of ether oxygens (including phenoxy) is 2. The number of rotatable bonds is 8. The van der Waals surface area contributed by atoms with Gasteiger partial charge in [-0.05, 0) is 67.2 Å². The van der Waals surface area contributed by atoms with Crippen molar-refractivity contribution < 1.29 is 9.47 Å². The molecule has 0 spiro atoms. The molecule has 1 saturated heterocycles. The van der Waals surface area contributed by atoms with E-state index in [1.54, 1.807) is 14.2 Å². The number of piperidine rings is 1. The Bertz CT molecular complexity index is 812. The van der Waals surface area contributed by atoms with Gasteiger partial charge in [-0.1, -0.05) is 24.3 Å². The maximum atomic E-state index is 5.25. The molecule has 0 bridgehead atoms. The van der Waals surface area contributed by atoms with Crippen LogP contribution in [0.5, 0.6) is 11.5 Å². The Kier molecular flexibility index (Phi) is 8.59. The van der Waals surface area contributed by atoms with Gasteiger partial charge in [0.1, 0.15) is 11.5 Å². The SMILES string of the molecule is CN=C(NCC1CCN(Cc2ccc(OC)cc2)CC1)N(C)Cc1ccc(OC)cc1. The number of benzene rings is 2. The minimum absolute atomic E-state index is 0.679. The van der Waals surface area contributed by atoms with Crippen molar-refractivity contribution in [2.45, 2.75) is 25.9 Å². The number of aliphatic imine (C=N–C) groups is 1. The molecule has 1 aliphatic rings. The minimum Gasteiger partial charge on any atom is -0.497 e. The van der Waals surface area contributed by atoms with Crippen LogP contribution in [0.1, 0.15) is 24.0 Å². The van der Waals surface area contributed by atoms with E-state index in [0.29, 0.717) is 5.92 Å². The molecule has 0 aromatic heterocycles. The van der Waals surface area contributed by atoms with Gasteiger partial charge in [0.2, 0.25) is 0 Å². The zero-order valence-corrected chi connectivity index (χ0v) is 19.3. The van der Waals surface area contributed by atoms with Crippen LogP contribution in [0.15, 0.2) is 53.5 Å². The molecule has 6 nitrogen and oxygen atoms in total. The Labute approximate surface area is 186 Å². The highest BCUT2D eigenvalue weighted by Gasteiger charge is 2.20. The molecule has 1 fully saturated rings. The molecule has 0 aliphatic carbocycles. The van der Waals surface area contributed by atoms with E-state index in [0.717, 1.165) is 50.2 Å². The topological polar surface area (TPSA) is 49.3 Å². The fourth-order valence-corrected chi connectivity index (χ4v) is 4.04. The van der Waals surface area contributed by atoms with Crippen molar-refractivity contribution in [3.8, 4) is 11.5 Å². The molecule has 0 atom stereocenters. The third kappa shape index (κ3) is 6.89. The van der Waals surface area contributed by atoms with Gasteiger partial charge in [0, 0.05) is 33.7 Å². The van der Waals surface area contributed by atoms with Crippen molar-refractivity contribution in [2.75, 3.05) is 47.9 Å². The van der Waals surface area contributed by atoms with Crippen LogP contribution in [0.3, 0.4) is 0 Å². The summed E-state index contributed by atoms with van der Waals surface area (Å²) in [5.41, 5.74) is 2.58. The second kappa shape index (κ2) is 11.6. The van der Waals surface area contributed by atoms with Gasteiger partial charge in [0.05, 0.1) is 14.2 Å². The quantitative estimate of drug-likeness (QED) is 0.518. The van der Waals surface area contributed by atoms with Crippen LogP contribution in [0.4, 0.5) is 0 Å². The summed E-state index contributed by atoms with van der Waals surface area (Å²) in [5.74, 6) is 3.42. The molecule has 2 aromatic carbocycles. The fraction of sp³-hybridized carbons (Fsp3) is 0.480. The molecule has 0 unspecified atom stereocenters. The van der Waals surface area contributed by atoms with Gasteiger partial charge < -0.3 is 19.7 Å². The largest absolute Gasteiger partial charge is 0.497 e. The summed E-state index contributed by atoms with van der Waals surface area (Å²) in [7, 11) is 7.33. The maximum Gasteiger partial charge on any atom is 0.193 e. The number of nitrogens with zero attached hydrogens (tertiary/aromatic N) is 3. The van der Waals surface area contributed by atoms with E-state index in [2.05, 4.69) is 51.4 Å². The van der Waals surface area contributed by atoms with Crippen LogP contribution in [0.2, 0.25) is 0 Å². The predicted molar refractivity (Wildman–Crippen MR) is 127 cm³/mol. The summed E-state index contributed by atoms with van der Waals surface area (Å²) in [5, 5.41) is 3.58. The lowest BCUT2D eigenvalue weighted by Gasteiger charge is -2.33. The fourth-order valence-electron chi connectivity index (χ4n) is 4.04. The second-order valence-electron chi connectivity index (χ2n) is 8.20. The molecular weight excluding hydrogens is 388 g/mol.